The Bertz CT molecular complexity index is 133. The van der Waals surface area contributed by atoms with Crippen molar-refractivity contribution in [2.75, 3.05) is 0 Å². The van der Waals surface area contributed by atoms with Crippen molar-refractivity contribution >= 4 is 5.78 Å². The summed E-state index contributed by atoms with van der Waals surface area (Å²) in [5.74, 6) is -0.178. The molecule has 0 unspecified atom stereocenters. The first-order chi connectivity index (χ1) is 3.72. The normalized spacial score (nSPS) is 10.9. The van der Waals surface area contributed by atoms with Gasteiger partial charge in [0.25, 0.3) is 0 Å². The zero-order valence-corrected chi connectivity index (χ0v) is 4.72. The summed E-state index contributed by atoms with van der Waals surface area (Å²) < 4.78 is 0. The minimum Gasteiger partial charge on any atom is -0.515 e. The van der Waals surface area contributed by atoms with E-state index in [1.54, 1.807) is 0 Å². The van der Waals surface area contributed by atoms with E-state index < -0.39 is 0 Å². The van der Waals surface area contributed by atoms with Crippen molar-refractivity contribution in [1.29, 1.82) is 0 Å². The smallest absolute Gasteiger partial charge is 0.162 e. The van der Waals surface area contributed by atoms with Crippen LogP contribution in [0.1, 0.15) is 6.92 Å². The lowest BCUT2D eigenvalue weighted by atomic mass is 10.2. The molecule has 2 nitrogen and oxygen atoms in total. The predicted molar refractivity (Wildman–Crippen MR) is 31.6 cm³/mol. The van der Waals surface area contributed by atoms with Gasteiger partial charge in [0.1, 0.15) is 0 Å². The Morgan fingerprint density at radius 3 is 2.25 bits per heavy atom. The minimum atomic E-state index is -0.178. The van der Waals surface area contributed by atoms with Gasteiger partial charge in [0, 0.05) is 0 Å². The topological polar surface area (TPSA) is 37.3 Å². The summed E-state index contributed by atoms with van der Waals surface area (Å²) in [5, 5.41) is 8.24. The maximum atomic E-state index is 10.3. The molecule has 0 aliphatic rings. The standard InChI is InChI=1S/C6H8O2/c1-3-6(4-7)5(2)8/h3-4,7H,1H2,2H3. The van der Waals surface area contributed by atoms with Crippen LogP contribution >= 0.6 is 0 Å². The zero-order valence-electron chi connectivity index (χ0n) is 4.72. The molecule has 0 aliphatic heterocycles. The highest BCUT2D eigenvalue weighted by molar-refractivity contribution is 5.95. The summed E-state index contributed by atoms with van der Waals surface area (Å²) in [6, 6.07) is 0. The molecule has 0 radical (unpaired) electrons. The monoisotopic (exact) mass is 112 g/mol. The number of hydrogen-bond acceptors (Lipinski definition) is 2. The zero-order chi connectivity index (χ0) is 6.57. The van der Waals surface area contributed by atoms with Gasteiger partial charge < -0.3 is 5.11 Å². The van der Waals surface area contributed by atoms with Gasteiger partial charge >= 0.3 is 0 Å². The lowest BCUT2D eigenvalue weighted by Gasteiger charge is -1.87. The van der Waals surface area contributed by atoms with Crippen LogP contribution in [0.3, 0.4) is 0 Å². The van der Waals surface area contributed by atoms with Crippen LogP contribution in [-0.4, -0.2) is 10.9 Å². The van der Waals surface area contributed by atoms with E-state index in [4.69, 9.17) is 5.11 Å². The highest BCUT2D eigenvalue weighted by Gasteiger charge is 1.94. The molecular weight excluding hydrogens is 104 g/mol. The molecule has 0 amide bonds. The van der Waals surface area contributed by atoms with Crippen LogP contribution in [0.4, 0.5) is 0 Å². The van der Waals surface area contributed by atoms with Crippen molar-refractivity contribution in [2.24, 2.45) is 0 Å². The highest BCUT2D eigenvalue weighted by atomic mass is 16.2. The summed E-state index contributed by atoms with van der Waals surface area (Å²) in [7, 11) is 0. The molecule has 1 N–H and O–H groups in total. The highest BCUT2D eigenvalue weighted by Crippen LogP contribution is 1.93. The van der Waals surface area contributed by atoms with Crippen molar-refractivity contribution in [3.8, 4) is 0 Å². The Kier molecular flexibility index (Phi) is 2.62. The first-order valence-corrected chi connectivity index (χ1v) is 2.20. The van der Waals surface area contributed by atoms with Crippen LogP contribution < -0.4 is 0 Å². The lowest BCUT2D eigenvalue weighted by Crippen LogP contribution is -1.91. The summed E-state index contributed by atoms with van der Waals surface area (Å²) in [5.41, 5.74) is 0.241. The molecule has 0 rings (SSSR count). The van der Waals surface area contributed by atoms with E-state index in [0.717, 1.165) is 6.26 Å². The average Bonchev–Trinajstić information content (AvgIpc) is 1.69. The molecule has 8 heavy (non-hydrogen) atoms. The fraction of sp³-hybridized carbons (Fsp3) is 0.167. The maximum Gasteiger partial charge on any atom is 0.162 e. The number of hydrogen-bond donors (Lipinski definition) is 1. The Morgan fingerprint density at radius 1 is 1.75 bits per heavy atom. The Labute approximate surface area is 48.1 Å². The van der Waals surface area contributed by atoms with Crippen molar-refractivity contribution in [3.05, 3.63) is 24.5 Å². The number of rotatable bonds is 2. The van der Waals surface area contributed by atoms with Crippen LogP contribution in [0.2, 0.25) is 0 Å². The number of carbonyl (C=O) groups excluding carboxylic acids is 1. The Balaban J connectivity index is 4.13. The molecule has 0 spiro atoms. The quantitative estimate of drug-likeness (QED) is 0.331. The third kappa shape index (κ3) is 1.60. The van der Waals surface area contributed by atoms with E-state index in [-0.39, 0.29) is 11.4 Å². The molecule has 0 saturated heterocycles. The predicted octanol–water partition coefficient (Wildman–Crippen LogP) is 1.20. The van der Waals surface area contributed by atoms with Gasteiger partial charge in [-0.3, -0.25) is 4.79 Å². The van der Waals surface area contributed by atoms with Gasteiger partial charge in [0.05, 0.1) is 11.8 Å². The minimum absolute atomic E-state index is 0.178. The molecule has 0 atom stereocenters. The first kappa shape index (κ1) is 6.95. The third-order valence-electron chi connectivity index (χ3n) is 0.766. The van der Waals surface area contributed by atoms with Crippen molar-refractivity contribution in [3.63, 3.8) is 0 Å². The van der Waals surface area contributed by atoms with E-state index in [0.29, 0.717) is 0 Å². The molecule has 0 aromatic carbocycles. The van der Waals surface area contributed by atoms with Gasteiger partial charge in [-0.1, -0.05) is 12.7 Å². The van der Waals surface area contributed by atoms with E-state index in [2.05, 4.69) is 6.58 Å². The molecule has 44 valence electrons. The second kappa shape index (κ2) is 3.02. The van der Waals surface area contributed by atoms with Crippen molar-refractivity contribution < 1.29 is 9.90 Å². The first-order valence-electron chi connectivity index (χ1n) is 2.20. The fourth-order valence-electron chi connectivity index (χ4n) is 0.287. The van der Waals surface area contributed by atoms with Gasteiger partial charge in [0.15, 0.2) is 5.78 Å². The third-order valence-corrected chi connectivity index (χ3v) is 0.766. The van der Waals surface area contributed by atoms with E-state index in [1.807, 2.05) is 0 Å². The van der Waals surface area contributed by atoms with E-state index in [9.17, 15) is 4.79 Å². The second-order valence-electron chi connectivity index (χ2n) is 1.34. The molecule has 0 heterocycles. The van der Waals surface area contributed by atoms with Crippen LogP contribution in [0.15, 0.2) is 24.5 Å². The van der Waals surface area contributed by atoms with Gasteiger partial charge in [-0.05, 0) is 6.92 Å². The fourth-order valence-corrected chi connectivity index (χ4v) is 0.287. The van der Waals surface area contributed by atoms with E-state index in [1.165, 1.54) is 13.0 Å². The SMILES string of the molecule is C=CC(=CO)C(C)=O. The Morgan fingerprint density at radius 2 is 2.25 bits per heavy atom. The molecular formula is C6H8O2. The Hall–Kier alpha value is -1.05. The number of allylic oxidation sites excluding steroid dienone is 2. The molecule has 0 aliphatic carbocycles. The number of aliphatic hydroxyl groups excluding tert-OH is 1. The van der Waals surface area contributed by atoms with Gasteiger partial charge in [-0.2, -0.15) is 0 Å². The number of ketones is 1. The van der Waals surface area contributed by atoms with Crippen molar-refractivity contribution in [1.82, 2.24) is 0 Å². The van der Waals surface area contributed by atoms with Gasteiger partial charge in [-0.25, -0.2) is 0 Å². The summed E-state index contributed by atoms with van der Waals surface area (Å²) >= 11 is 0. The summed E-state index contributed by atoms with van der Waals surface area (Å²) in [6.45, 7) is 4.67. The second-order valence-corrected chi connectivity index (χ2v) is 1.34. The van der Waals surface area contributed by atoms with Crippen LogP contribution in [0.25, 0.3) is 0 Å². The van der Waals surface area contributed by atoms with Crippen LogP contribution in [0, 0.1) is 0 Å². The van der Waals surface area contributed by atoms with Gasteiger partial charge in [-0.15, -0.1) is 0 Å². The maximum absolute atomic E-state index is 10.3. The van der Waals surface area contributed by atoms with Crippen molar-refractivity contribution in [2.45, 2.75) is 6.92 Å². The van der Waals surface area contributed by atoms with E-state index >= 15 is 0 Å². The molecule has 0 fully saturated rings. The lowest BCUT2D eigenvalue weighted by molar-refractivity contribution is -0.113. The average molecular weight is 112 g/mol. The molecule has 0 aromatic heterocycles. The van der Waals surface area contributed by atoms with Gasteiger partial charge in [0.2, 0.25) is 0 Å². The summed E-state index contributed by atoms with van der Waals surface area (Å²) in [4.78, 5) is 10.3. The summed E-state index contributed by atoms with van der Waals surface area (Å²) in [6.07, 6.45) is 2.05. The van der Waals surface area contributed by atoms with Crippen LogP contribution in [-0.2, 0) is 4.79 Å². The molecule has 2 heteroatoms. The largest absolute Gasteiger partial charge is 0.515 e. The van der Waals surface area contributed by atoms with Crippen LogP contribution in [0.5, 0.6) is 0 Å². The number of Topliss-reactive ketones (excluding diaryl/α,β-unsaturated/α-hetero) is 1. The molecule has 0 bridgehead atoms. The number of carbonyl (C=O) groups is 1. The number of aliphatic hydroxyl groups is 1. The molecule has 0 saturated carbocycles. The molecule has 0 aromatic rings.